The highest BCUT2D eigenvalue weighted by molar-refractivity contribution is 7.99. The van der Waals surface area contributed by atoms with E-state index in [1.54, 1.807) is 6.07 Å². The molecule has 1 amide bonds. The van der Waals surface area contributed by atoms with E-state index in [9.17, 15) is 9.18 Å². The number of aromatic nitrogens is 1. The number of para-hydroxylation sites is 1. The van der Waals surface area contributed by atoms with Crippen LogP contribution in [-0.2, 0) is 11.2 Å². The Kier molecular flexibility index (Phi) is 4.87. The lowest BCUT2D eigenvalue weighted by Crippen LogP contribution is -2.32. The molecule has 0 saturated carbocycles. The topological polar surface area (TPSA) is 42.0 Å². The number of amides is 1. The standard InChI is InChI=1S/C22H21FN2OS/c1-13-15-6-3-4-9-19(15)24-14(2)17(13)12-21(26)25-20-10-11-27-22-16(20)7-5-8-18(22)23/h3-9,20H,10-12H2,1-2H3,(H,25,26)/t20-/m0/s1. The highest BCUT2D eigenvalue weighted by Gasteiger charge is 2.25. The molecule has 1 N–H and O–H groups in total. The molecule has 3 aromatic rings. The zero-order chi connectivity index (χ0) is 19.0. The molecule has 1 aliphatic heterocycles. The Labute approximate surface area is 162 Å². The monoisotopic (exact) mass is 380 g/mol. The van der Waals surface area contributed by atoms with Crippen molar-refractivity contribution in [2.24, 2.45) is 0 Å². The quantitative estimate of drug-likeness (QED) is 0.704. The molecule has 0 aliphatic carbocycles. The van der Waals surface area contributed by atoms with Gasteiger partial charge in [-0.15, -0.1) is 11.8 Å². The van der Waals surface area contributed by atoms with E-state index in [0.29, 0.717) is 4.90 Å². The van der Waals surface area contributed by atoms with Crippen molar-refractivity contribution in [1.82, 2.24) is 10.3 Å². The Bertz CT molecular complexity index is 1030. The SMILES string of the molecule is Cc1nc2ccccc2c(C)c1CC(=O)N[C@H]1CCSc2c(F)cccc21. The van der Waals surface area contributed by atoms with Crippen LogP contribution < -0.4 is 5.32 Å². The maximum atomic E-state index is 14.0. The molecular formula is C22H21FN2OS. The van der Waals surface area contributed by atoms with Crippen LogP contribution in [0.15, 0.2) is 47.4 Å². The van der Waals surface area contributed by atoms with E-state index in [2.05, 4.69) is 10.3 Å². The van der Waals surface area contributed by atoms with Gasteiger partial charge < -0.3 is 5.32 Å². The van der Waals surface area contributed by atoms with E-state index in [0.717, 1.165) is 45.5 Å². The lowest BCUT2D eigenvalue weighted by Gasteiger charge is -2.26. The molecule has 5 heteroatoms. The summed E-state index contributed by atoms with van der Waals surface area (Å²) in [6.45, 7) is 3.99. The Morgan fingerprint density at radius 1 is 1.22 bits per heavy atom. The normalized spacial score (nSPS) is 16.2. The van der Waals surface area contributed by atoms with Crippen LogP contribution in [0.3, 0.4) is 0 Å². The van der Waals surface area contributed by atoms with Crippen molar-refractivity contribution in [2.45, 2.75) is 37.6 Å². The van der Waals surface area contributed by atoms with Gasteiger partial charge in [0.2, 0.25) is 5.91 Å². The van der Waals surface area contributed by atoms with Gasteiger partial charge in [-0.2, -0.15) is 0 Å². The van der Waals surface area contributed by atoms with Crippen LogP contribution in [0, 0.1) is 19.7 Å². The van der Waals surface area contributed by atoms with Gasteiger partial charge in [-0.25, -0.2) is 4.39 Å². The minimum Gasteiger partial charge on any atom is -0.349 e. The zero-order valence-corrected chi connectivity index (χ0v) is 16.2. The van der Waals surface area contributed by atoms with Crippen molar-refractivity contribution in [3.63, 3.8) is 0 Å². The molecule has 1 aromatic heterocycles. The van der Waals surface area contributed by atoms with E-state index in [1.807, 2.05) is 44.2 Å². The third kappa shape index (κ3) is 3.44. The van der Waals surface area contributed by atoms with Crippen LogP contribution in [0.5, 0.6) is 0 Å². The number of aryl methyl sites for hydroxylation is 2. The molecule has 27 heavy (non-hydrogen) atoms. The molecule has 0 bridgehead atoms. The number of hydrogen-bond acceptors (Lipinski definition) is 3. The van der Waals surface area contributed by atoms with Crippen LogP contribution >= 0.6 is 11.8 Å². The maximum absolute atomic E-state index is 14.0. The fourth-order valence-electron chi connectivity index (χ4n) is 3.77. The van der Waals surface area contributed by atoms with Crippen LogP contribution in [0.4, 0.5) is 4.39 Å². The summed E-state index contributed by atoms with van der Waals surface area (Å²) in [4.78, 5) is 18.1. The second-order valence-corrected chi connectivity index (χ2v) is 8.02. The lowest BCUT2D eigenvalue weighted by molar-refractivity contribution is -0.121. The molecule has 2 aromatic carbocycles. The largest absolute Gasteiger partial charge is 0.349 e. The number of pyridine rings is 1. The first-order valence-electron chi connectivity index (χ1n) is 9.10. The summed E-state index contributed by atoms with van der Waals surface area (Å²) >= 11 is 1.52. The lowest BCUT2D eigenvalue weighted by atomic mass is 9.98. The van der Waals surface area contributed by atoms with E-state index in [4.69, 9.17) is 0 Å². The van der Waals surface area contributed by atoms with E-state index in [1.165, 1.54) is 17.8 Å². The predicted molar refractivity (Wildman–Crippen MR) is 108 cm³/mol. The molecule has 138 valence electrons. The number of carbonyl (C=O) groups excluding carboxylic acids is 1. The summed E-state index contributed by atoms with van der Waals surface area (Å²) in [6.07, 6.45) is 1.09. The van der Waals surface area contributed by atoms with E-state index in [-0.39, 0.29) is 24.2 Å². The van der Waals surface area contributed by atoms with Crippen molar-refractivity contribution in [3.05, 3.63) is 70.7 Å². The zero-order valence-electron chi connectivity index (χ0n) is 15.4. The predicted octanol–water partition coefficient (Wildman–Crippen LogP) is 4.89. The summed E-state index contributed by atoms with van der Waals surface area (Å²) in [5.74, 6) is 0.543. The average molecular weight is 380 g/mol. The minimum absolute atomic E-state index is 0.0506. The number of nitrogens with one attached hydrogen (secondary N) is 1. The summed E-state index contributed by atoms with van der Waals surface area (Å²) in [6, 6.07) is 12.9. The van der Waals surface area contributed by atoms with Gasteiger partial charge in [0, 0.05) is 21.7 Å². The molecule has 0 unspecified atom stereocenters. The third-order valence-corrected chi connectivity index (χ3v) is 6.34. The smallest absolute Gasteiger partial charge is 0.224 e. The fraction of sp³-hybridized carbons (Fsp3) is 0.273. The number of thioether (sulfide) groups is 1. The molecular weight excluding hydrogens is 359 g/mol. The molecule has 1 aliphatic rings. The van der Waals surface area contributed by atoms with Gasteiger partial charge in [-0.1, -0.05) is 30.3 Å². The summed E-state index contributed by atoms with van der Waals surface area (Å²) in [5.41, 5.74) is 4.77. The Balaban J connectivity index is 1.58. The fourth-order valence-corrected chi connectivity index (χ4v) is 4.91. The van der Waals surface area contributed by atoms with Crippen molar-refractivity contribution >= 4 is 28.6 Å². The number of nitrogens with zero attached hydrogens (tertiary/aromatic N) is 1. The first kappa shape index (κ1) is 18.0. The summed E-state index contributed by atoms with van der Waals surface area (Å²) in [5, 5.41) is 4.18. The van der Waals surface area contributed by atoms with E-state index < -0.39 is 0 Å². The molecule has 0 radical (unpaired) electrons. The Morgan fingerprint density at radius 3 is 2.89 bits per heavy atom. The van der Waals surface area contributed by atoms with Gasteiger partial charge in [0.15, 0.2) is 0 Å². The number of carbonyl (C=O) groups is 1. The second kappa shape index (κ2) is 7.31. The summed E-state index contributed by atoms with van der Waals surface area (Å²) < 4.78 is 14.0. The number of hydrogen-bond donors (Lipinski definition) is 1. The molecule has 0 fully saturated rings. The number of halogens is 1. The van der Waals surface area contributed by atoms with Crippen LogP contribution in [0.25, 0.3) is 10.9 Å². The molecule has 1 atom stereocenters. The molecule has 4 rings (SSSR count). The van der Waals surface area contributed by atoms with Crippen LogP contribution in [0.1, 0.15) is 34.8 Å². The molecule has 0 saturated heterocycles. The highest BCUT2D eigenvalue weighted by atomic mass is 32.2. The second-order valence-electron chi connectivity index (χ2n) is 6.91. The number of benzene rings is 2. The maximum Gasteiger partial charge on any atom is 0.224 e. The molecule has 0 spiro atoms. The van der Waals surface area contributed by atoms with Gasteiger partial charge in [0.25, 0.3) is 0 Å². The molecule has 3 nitrogen and oxygen atoms in total. The van der Waals surface area contributed by atoms with Gasteiger partial charge >= 0.3 is 0 Å². The van der Waals surface area contributed by atoms with Gasteiger partial charge in [0.1, 0.15) is 5.82 Å². The van der Waals surface area contributed by atoms with Gasteiger partial charge in [-0.05, 0) is 49.1 Å². The summed E-state index contributed by atoms with van der Waals surface area (Å²) in [7, 11) is 0. The van der Waals surface area contributed by atoms with Crippen molar-refractivity contribution in [3.8, 4) is 0 Å². The van der Waals surface area contributed by atoms with Crippen LogP contribution in [-0.4, -0.2) is 16.6 Å². The number of fused-ring (bicyclic) bond motifs is 2. The molecule has 2 heterocycles. The first-order chi connectivity index (χ1) is 13.0. The van der Waals surface area contributed by atoms with Gasteiger partial charge in [-0.3, -0.25) is 9.78 Å². The van der Waals surface area contributed by atoms with Crippen molar-refractivity contribution < 1.29 is 9.18 Å². The Hall–Kier alpha value is -2.40. The van der Waals surface area contributed by atoms with Crippen molar-refractivity contribution in [2.75, 3.05) is 5.75 Å². The highest BCUT2D eigenvalue weighted by Crippen LogP contribution is 2.37. The minimum atomic E-state index is -0.207. The van der Waals surface area contributed by atoms with Crippen molar-refractivity contribution in [1.29, 1.82) is 0 Å². The average Bonchev–Trinajstić information content (AvgIpc) is 2.66. The first-order valence-corrected chi connectivity index (χ1v) is 10.1. The van der Waals surface area contributed by atoms with Gasteiger partial charge in [0.05, 0.1) is 18.0 Å². The van der Waals surface area contributed by atoms with E-state index >= 15 is 0 Å². The van der Waals surface area contributed by atoms with Crippen LogP contribution in [0.2, 0.25) is 0 Å². The Morgan fingerprint density at radius 2 is 2.04 bits per heavy atom. The third-order valence-electron chi connectivity index (χ3n) is 5.18. The number of rotatable bonds is 3.